The molecule has 1 aromatic carbocycles. The lowest BCUT2D eigenvalue weighted by Crippen LogP contribution is -2.25. The van der Waals surface area contributed by atoms with Crippen molar-refractivity contribution in [2.45, 2.75) is 23.8 Å². The monoisotopic (exact) mass is 372 g/mol. The van der Waals surface area contributed by atoms with Crippen molar-refractivity contribution in [3.05, 3.63) is 36.8 Å². The molecule has 8 nitrogen and oxygen atoms in total. The summed E-state index contributed by atoms with van der Waals surface area (Å²) in [6, 6.07) is 6.52. The van der Waals surface area contributed by atoms with Gasteiger partial charge in [0.1, 0.15) is 17.5 Å². The van der Waals surface area contributed by atoms with Gasteiger partial charge in [-0.3, -0.25) is 0 Å². The van der Waals surface area contributed by atoms with Gasteiger partial charge in [-0.15, -0.1) is 0 Å². The van der Waals surface area contributed by atoms with Crippen LogP contribution < -0.4 is 10.1 Å². The maximum absolute atomic E-state index is 11.6. The number of sulfone groups is 1. The van der Waals surface area contributed by atoms with Crippen molar-refractivity contribution in [2.75, 3.05) is 19.3 Å². The van der Waals surface area contributed by atoms with Crippen molar-refractivity contribution in [3.8, 4) is 11.6 Å². The van der Waals surface area contributed by atoms with E-state index in [0.717, 1.165) is 37.0 Å². The Hall–Kier alpha value is -2.52. The smallest absolute Gasteiger partial charge is 0.233 e. The van der Waals surface area contributed by atoms with Crippen LogP contribution in [-0.2, 0) is 9.84 Å². The maximum atomic E-state index is 11.6. The Balaban J connectivity index is 1.64. The summed E-state index contributed by atoms with van der Waals surface area (Å²) in [5.41, 5.74) is 0.731. The number of aromatic nitrogens is 4. The molecule has 0 unspecified atom stereocenters. The van der Waals surface area contributed by atoms with Gasteiger partial charge < -0.3 is 4.74 Å². The summed E-state index contributed by atoms with van der Waals surface area (Å²) in [6.45, 7) is 1.68. The SMILES string of the molecule is CS(=O)(=O)c1ccc(Oc2ncnc3c2cnn3C2CC[N]CC2)cc1. The third-order valence-corrected chi connectivity index (χ3v) is 5.54. The number of ether oxygens (including phenoxy) is 1. The first-order chi connectivity index (χ1) is 12.5. The topological polar surface area (TPSA) is 101 Å². The van der Waals surface area contributed by atoms with Crippen LogP contribution in [0.5, 0.6) is 11.6 Å². The van der Waals surface area contributed by atoms with Crippen LogP contribution in [0.25, 0.3) is 11.0 Å². The van der Waals surface area contributed by atoms with Gasteiger partial charge in [0, 0.05) is 19.3 Å². The van der Waals surface area contributed by atoms with Crippen LogP contribution in [0.1, 0.15) is 18.9 Å². The zero-order chi connectivity index (χ0) is 18.1. The van der Waals surface area contributed by atoms with E-state index in [-0.39, 0.29) is 10.9 Å². The summed E-state index contributed by atoms with van der Waals surface area (Å²) in [4.78, 5) is 8.82. The minimum atomic E-state index is -3.24. The molecule has 9 heteroatoms. The fraction of sp³-hybridized carbons (Fsp3) is 0.353. The number of hydrogen-bond donors (Lipinski definition) is 0. The molecule has 26 heavy (non-hydrogen) atoms. The van der Waals surface area contributed by atoms with E-state index in [1.165, 1.54) is 24.7 Å². The molecular formula is C17H18N5O3S. The third-order valence-electron chi connectivity index (χ3n) is 4.41. The van der Waals surface area contributed by atoms with Crippen molar-refractivity contribution >= 4 is 20.9 Å². The molecule has 0 saturated carbocycles. The molecule has 0 bridgehead atoms. The molecule has 0 aliphatic carbocycles. The minimum absolute atomic E-state index is 0.244. The molecule has 0 spiro atoms. The summed E-state index contributed by atoms with van der Waals surface area (Å²) in [6.07, 6.45) is 6.23. The summed E-state index contributed by atoms with van der Waals surface area (Å²) >= 11 is 0. The van der Waals surface area contributed by atoms with E-state index < -0.39 is 9.84 Å². The van der Waals surface area contributed by atoms with Gasteiger partial charge in [-0.1, -0.05) is 0 Å². The van der Waals surface area contributed by atoms with Gasteiger partial charge in [0.25, 0.3) is 0 Å². The first-order valence-corrected chi connectivity index (χ1v) is 10.2. The predicted molar refractivity (Wildman–Crippen MR) is 95.1 cm³/mol. The molecule has 3 aromatic rings. The molecule has 4 rings (SSSR count). The average molecular weight is 372 g/mol. The van der Waals surface area contributed by atoms with Crippen molar-refractivity contribution in [3.63, 3.8) is 0 Å². The number of rotatable bonds is 4. The van der Waals surface area contributed by atoms with Crippen LogP contribution in [0.2, 0.25) is 0 Å². The van der Waals surface area contributed by atoms with Gasteiger partial charge in [-0.2, -0.15) is 5.10 Å². The second-order valence-electron chi connectivity index (χ2n) is 6.25. The fourth-order valence-electron chi connectivity index (χ4n) is 3.04. The minimum Gasteiger partial charge on any atom is -0.438 e. The van der Waals surface area contributed by atoms with Crippen LogP contribution in [0, 0.1) is 0 Å². The molecule has 2 aromatic heterocycles. The van der Waals surface area contributed by atoms with Gasteiger partial charge in [0.05, 0.1) is 17.1 Å². The average Bonchev–Trinajstić information content (AvgIpc) is 3.07. The van der Waals surface area contributed by atoms with E-state index in [9.17, 15) is 8.42 Å². The van der Waals surface area contributed by atoms with E-state index in [2.05, 4.69) is 20.4 Å². The Labute approximate surface area is 151 Å². The molecule has 3 heterocycles. The lowest BCUT2D eigenvalue weighted by molar-refractivity contribution is 0.346. The highest BCUT2D eigenvalue weighted by Crippen LogP contribution is 2.30. The van der Waals surface area contributed by atoms with Crippen molar-refractivity contribution in [1.82, 2.24) is 25.1 Å². The van der Waals surface area contributed by atoms with Crippen LogP contribution in [0.15, 0.2) is 41.7 Å². The van der Waals surface area contributed by atoms with Gasteiger partial charge in [0.15, 0.2) is 15.5 Å². The molecule has 1 radical (unpaired) electrons. The molecule has 1 saturated heterocycles. The number of hydrogen-bond acceptors (Lipinski definition) is 6. The molecule has 0 amide bonds. The zero-order valence-corrected chi connectivity index (χ0v) is 15.1. The summed E-state index contributed by atoms with van der Waals surface area (Å²) < 4.78 is 30.9. The fourth-order valence-corrected chi connectivity index (χ4v) is 3.67. The highest BCUT2D eigenvalue weighted by molar-refractivity contribution is 7.90. The molecule has 0 atom stereocenters. The number of piperidine rings is 1. The molecule has 1 aliphatic heterocycles. The lowest BCUT2D eigenvalue weighted by Gasteiger charge is -2.22. The first kappa shape index (κ1) is 16.9. The number of benzene rings is 1. The number of fused-ring (bicyclic) bond motifs is 1. The molecule has 0 N–H and O–H groups in total. The van der Waals surface area contributed by atoms with E-state index >= 15 is 0 Å². The van der Waals surface area contributed by atoms with Gasteiger partial charge >= 0.3 is 0 Å². The summed E-state index contributed by atoms with van der Waals surface area (Å²) in [7, 11) is -3.24. The first-order valence-electron chi connectivity index (χ1n) is 8.32. The van der Waals surface area contributed by atoms with Crippen LogP contribution in [0.3, 0.4) is 0 Å². The molecular weight excluding hydrogens is 354 g/mol. The van der Waals surface area contributed by atoms with Gasteiger partial charge in [-0.05, 0) is 37.1 Å². The van der Waals surface area contributed by atoms with E-state index in [1.807, 2.05) is 4.68 Å². The van der Waals surface area contributed by atoms with Crippen LogP contribution in [-0.4, -0.2) is 47.5 Å². The second-order valence-corrected chi connectivity index (χ2v) is 8.27. The van der Waals surface area contributed by atoms with E-state index in [4.69, 9.17) is 4.74 Å². The van der Waals surface area contributed by atoms with Crippen molar-refractivity contribution < 1.29 is 13.2 Å². The molecule has 1 fully saturated rings. The highest BCUT2D eigenvalue weighted by atomic mass is 32.2. The third kappa shape index (κ3) is 3.27. The van der Waals surface area contributed by atoms with Crippen molar-refractivity contribution in [1.29, 1.82) is 0 Å². The highest BCUT2D eigenvalue weighted by Gasteiger charge is 2.20. The van der Waals surface area contributed by atoms with Crippen molar-refractivity contribution in [2.24, 2.45) is 0 Å². The van der Waals surface area contributed by atoms with Gasteiger partial charge in [-0.25, -0.2) is 28.4 Å². The molecule has 135 valence electrons. The van der Waals surface area contributed by atoms with Crippen LogP contribution in [0.4, 0.5) is 0 Å². The number of nitrogens with zero attached hydrogens (tertiary/aromatic N) is 5. The Kier molecular flexibility index (Phi) is 4.33. The standard InChI is InChI=1S/C17H18N5O3S/c1-26(23,24)14-4-2-13(3-5-14)25-17-15-10-21-22(16(15)19-11-20-17)12-6-8-18-9-7-12/h2-5,10-12H,6-9H2,1H3. The van der Waals surface area contributed by atoms with E-state index in [0.29, 0.717) is 11.6 Å². The zero-order valence-electron chi connectivity index (χ0n) is 14.2. The Morgan fingerprint density at radius 1 is 1.12 bits per heavy atom. The quantitative estimate of drug-likeness (QED) is 0.694. The summed E-state index contributed by atoms with van der Waals surface area (Å²) in [5.74, 6) is 0.899. The lowest BCUT2D eigenvalue weighted by atomic mass is 10.1. The second kappa shape index (κ2) is 6.65. The Bertz CT molecular complexity index is 1020. The van der Waals surface area contributed by atoms with Gasteiger partial charge in [0.2, 0.25) is 5.88 Å². The van der Waals surface area contributed by atoms with Crippen LogP contribution >= 0.6 is 0 Å². The molecule has 1 aliphatic rings. The summed E-state index contributed by atoms with van der Waals surface area (Å²) in [5, 5.41) is 9.58. The largest absolute Gasteiger partial charge is 0.438 e. The predicted octanol–water partition coefficient (Wildman–Crippen LogP) is 1.96. The normalized spacial score (nSPS) is 16.0. The Morgan fingerprint density at radius 3 is 2.54 bits per heavy atom. The maximum Gasteiger partial charge on any atom is 0.233 e. The van der Waals surface area contributed by atoms with E-state index in [1.54, 1.807) is 18.3 Å². The Morgan fingerprint density at radius 2 is 1.85 bits per heavy atom.